The van der Waals surface area contributed by atoms with E-state index in [0.717, 1.165) is 11.1 Å². The van der Waals surface area contributed by atoms with Gasteiger partial charge in [-0.05, 0) is 23.3 Å². The number of hydrogen-bond acceptors (Lipinski definition) is 3. The van der Waals surface area contributed by atoms with Gasteiger partial charge in [-0.15, -0.1) is 0 Å². The van der Waals surface area contributed by atoms with Crippen molar-refractivity contribution in [2.24, 2.45) is 0 Å². The molecule has 0 fully saturated rings. The van der Waals surface area contributed by atoms with Crippen molar-refractivity contribution in [1.29, 1.82) is 0 Å². The first-order valence-electron chi connectivity index (χ1n) is 7.61. The average Bonchev–Trinajstić information content (AvgIpc) is 3.11. The summed E-state index contributed by atoms with van der Waals surface area (Å²) < 4.78 is 42.2. The Hall–Kier alpha value is -2.77. The number of benzene rings is 1. The first-order valence-corrected chi connectivity index (χ1v) is 7.61. The maximum atomic E-state index is 12.6. The third kappa shape index (κ3) is 3.84. The Morgan fingerprint density at radius 1 is 1.16 bits per heavy atom. The van der Waals surface area contributed by atoms with Crippen LogP contribution in [0.5, 0.6) is 0 Å². The molecule has 2 amide bonds. The van der Waals surface area contributed by atoms with Crippen molar-refractivity contribution in [3.8, 4) is 0 Å². The Bertz CT molecular complexity index is 772. The Morgan fingerprint density at radius 2 is 1.88 bits per heavy atom. The molecule has 3 rings (SSSR count). The largest absolute Gasteiger partial charge is 0.459 e. The van der Waals surface area contributed by atoms with Crippen molar-refractivity contribution in [3.63, 3.8) is 0 Å². The molecule has 132 valence electrons. The molecule has 8 heteroatoms. The molecule has 1 atom stereocenters. The number of alkyl halides is 3. The van der Waals surface area contributed by atoms with E-state index in [4.69, 9.17) is 4.42 Å². The standard InChI is InChI=1S/C17H15F3N2O3/c18-17(19,20)10-21-15(23)13-8-11-4-1-2-5-12(11)9-22(13)16(24)14-6-3-7-25-14/h1-7,13H,8-10H2,(H,21,23)/t13-/m0/s1. The van der Waals surface area contributed by atoms with Crippen LogP contribution >= 0.6 is 0 Å². The molecule has 0 aliphatic carbocycles. The fourth-order valence-corrected chi connectivity index (χ4v) is 2.82. The summed E-state index contributed by atoms with van der Waals surface area (Å²) >= 11 is 0. The minimum absolute atomic E-state index is 0.0352. The van der Waals surface area contributed by atoms with Gasteiger partial charge in [-0.2, -0.15) is 13.2 Å². The lowest BCUT2D eigenvalue weighted by Gasteiger charge is -2.35. The molecule has 2 heterocycles. The molecule has 2 aromatic rings. The van der Waals surface area contributed by atoms with Gasteiger partial charge in [-0.3, -0.25) is 9.59 Å². The lowest BCUT2D eigenvalue weighted by atomic mass is 9.93. The summed E-state index contributed by atoms with van der Waals surface area (Å²) in [6.07, 6.45) is -3.05. The topological polar surface area (TPSA) is 62.6 Å². The molecule has 0 saturated carbocycles. The number of carbonyl (C=O) groups excluding carboxylic acids is 2. The van der Waals surface area contributed by atoms with E-state index in [1.165, 1.54) is 23.3 Å². The fraction of sp³-hybridized carbons (Fsp3) is 0.294. The molecule has 0 bridgehead atoms. The van der Waals surface area contributed by atoms with E-state index in [1.807, 2.05) is 11.4 Å². The molecule has 25 heavy (non-hydrogen) atoms. The maximum Gasteiger partial charge on any atom is 0.405 e. The smallest absolute Gasteiger partial charge is 0.405 e. The zero-order valence-corrected chi connectivity index (χ0v) is 13.0. The Morgan fingerprint density at radius 3 is 2.52 bits per heavy atom. The molecule has 0 unspecified atom stereocenters. The van der Waals surface area contributed by atoms with E-state index < -0.39 is 30.6 Å². The highest BCUT2D eigenvalue weighted by atomic mass is 19.4. The fourth-order valence-electron chi connectivity index (χ4n) is 2.82. The van der Waals surface area contributed by atoms with Crippen molar-refractivity contribution in [2.75, 3.05) is 6.54 Å². The van der Waals surface area contributed by atoms with Crippen LogP contribution in [0.4, 0.5) is 13.2 Å². The normalized spacial score (nSPS) is 17.1. The first kappa shape index (κ1) is 17.1. The summed E-state index contributed by atoms with van der Waals surface area (Å²) in [6.45, 7) is -1.31. The van der Waals surface area contributed by atoms with Gasteiger partial charge in [0.15, 0.2) is 5.76 Å². The van der Waals surface area contributed by atoms with Crippen LogP contribution in [0.3, 0.4) is 0 Å². The summed E-state index contributed by atoms with van der Waals surface area (Å²) in [5, 5.41) is 1.86. The van der Waals surface area contributed by atoms with Crippen LogP contribution in [0.15, 0.2) is 47.1 Å². The SMILES string of the molecule is O=C(NCC(F)(F)F)[C@@H]1Cc2ccccc2CN1C(=O)c1ccco1. The van der Waals surface area contributed by atoms with Crippen LogP contribution in [-0.4, -0.2) is 35.5 Å². The van der Waals surface area contributed by atoms with Crippen LogP contribution in [0.1, 0.15) is 21.7 Å². The average molecular weight is 352 g/mol. The number of nitrogens with one attached hydrogen (secondary N) is 1. The number of furan rings is 1. The van der Waals surface area contributed by atoms with E-state index in [1.54, 1.807) is 18.2 Å². The summed E-state index contributed by atoms with van der Waals surface area (Å²) in [6, 6.07) is 9.16. The lowest BCUT2D eigenvalue weighted by Crippen LogP contribution is -2.53. The van der Waals surface area contributed by atoms with E-state index in [-0.39, 0.29) is 18.7 Å². The van der Waals surface area contributed by atoms with Gasteiger partial charge >= 0.3 is 6.18 Å². The predicted molar refractivity (Wildman–Crippen MR) is 81.6 cm³/mol. The molecule has 0 spiro atoms. The minimum atomic E-state index is -4.52. The van der Waals surface area contributed by atoms with E-state index >= 15 is 0 Å². The number of hydrogen-bond donors (Lipinski definition) is 1. The van der Waals surface area contributed by atoms with Crippen LogP contribution in [0, 0.1) is 0 Å². The molecule has 1 aromatic carbocycles. The van der Waals surface area contributed by atoms with Crippen LogP contribution in [0.2, 0.25) is 0 Å². The molecule has 1 N–H and O–H groups in total. The monoisotopic (exact) mass is 352 g/mol. The van der Waals surface area contributed by atoms with Crippen molar-refractivity contribution in [2.45, 2.75) is 25.2 Å². The van der Waals surface area contributed by atoms with Gasteiger partial charge in [0.1, 0.15) is 12.6 Å². The van der Waals surface area contributed by atoms with Crippen molar-refractivity contribution < 1.29 is 27.2 Å². The van der Waals surface area contributed by atoms with Crippen LogP contribution < -0.4 is 5.32 Å². The highest BCUT2D eigenvalue weighted by molar-refractivity contribution is 5.96. The van der Waals surface area contributed by atoms with Crippen molar-refractivity contribution >= 4 is 11.8 Å². The Labute approximate surface area is 141 Å². The molecule has 5 nitrogen and oxygen atoms in total. The number of amides is 2. The van der Waals surface area contributed by atoms with Gasteiger partial charge in [-0.1, -0.05) is 24.3 Å². The van der Waals surface area contributed by atoms with E-state index in [2.05, 4.69) is 0 Å². The molecular formula is C17H15F3N2O3. The second-order valence-corrected chi connectivity index (χ2v) is 5.73. The minimum Gasteiger partial charge on any atom is -0.459 e. The lowest BCUT2D eigenvalue weighted by molar-refractivity contribution is -0.141. The first-order chi connectivity index (χ1) is 11.8. The van der Waals surface area contributed by atoms with E-state index in [0.29, 0.717) is 0 Å². The third-order valence-corrected chi connectivity index (χ3v) is 4.01. The van der Waals surface area contributed by atoms with Crippen molar-refractivity contribution in [3.05, 3.63) is 59.5 Å². The van der Waals surface area contributed by atoms with E-state index in [9.17, 15) is 22.8 Å². The zero-order valence-electron chi connectivity index (χ0n) is 13.0. The van der Waals surface area contributed by atoms with Crippen LogP contribution in [-0.2, 0) is 17.8 Å². The van der Waals surface area contributed by atoms with Crippen LogP contribution in [0.25, 0.3) is 0 Å². The second kappa shape index (κ2) is 6.62. The molecule has 1 aliphatic heterocycles. The molecule has 1 aliphatic rings. The maximum absolute atomic E-state index is 12.6. The highest BCUT2D eigenvalue weighted by Crippen LogP contribution is 2.25. The Balaban J connectivity index is 1.86. The molecule has 0 saturated heterocycles. The summed E-state index contributed by atoms with van der Waals surface area (Å²) in [7, 11) is 0. The number of rotatable bonds is 3. The third-order valence-electron chi connectivity index (χ3n) is 4.01. The molecule has 0 radical (unpaired) electrons. The van der Waals surface area contributed by atoms with Crippen molar-refractivity contribution in [1.82, 2.24) is 10.2 Å². The molecular weight excluding hydrogens is 337 g/mol. The second-order valence-electron chi connectivity index (χ2n) is 5.73. The number of fused-ring (bicyclic) bond motifs is 1. The van der Waals surface area contributed by atoms with Gasteiger partial charge in [-0.25, -0.2) is 0 Å². The molecule has 1 aromatic heterocycles. The van der Waals surface area contributed by atoms with Gasteiger partial charge < -0.3 is 14.6 Å². The summed E-state index contributed by atoms with van der Waals surface area (Å²) in [4.78, 5) is 26.2. The van der Waals surface area contributed by atoms with Gasteiger partial charge in [0, 0.05) is 13.0 Å². The number of halogens is 3. The predicted octanol–water partition coefficient (Wildman–Crippen LogP) is 2.53. The highest BCUT2D eigenvalue weighted by Gasteiger charge is 2.37. The van der Waals surface area contributed by atoms with Gasteiger partial charge in [0.2, 0.25) is 5.91 Å². The summed E-state index contributed by atoms with van der Waals surface area (Å²) in [5.41, 5.74) is 1.68. The number of carbonyl (C=O) groups is 2. The Kier molecular flexibility index (Phi) is 4.52. The van der Waals surface area contributed by atoms with Gasteiger partial charge in [0.25, 0.3) is 5.91 Å². The quantitative estimate of drug-likeness (QED) is 0.923. The summed E-state index contributed by atoms with van der Waals surface area (Å²) in [5.74, 6) is -1.34. The zero-order chi connectivity index (χ0) is 18.0. The van der Waals surface area contributed by atoms with Gasteiger partial charge in [0.05, 0.1) is 6.26 Å². The number of nitrogens with zero attached hydrogens (tertiary/aromatic N) is 1.